The molecular formula is C23H24ClF3N4O. The summed E-state index contributed by atoms with van der Waals surface area (Å²) >= 11 is 0. The molecule has 1 fully saturated rings. The lowest BCUT2D eigenvalue weighted by Gasteiger charge is -2.34. The Morgan fingerprint density at radius 2 is 1.97 bits per heavy atom. The van der Waals surface area contributed by atoms with Gasteiger partial charge in [0.15, 0.2) is 5.65 Å². The number of likely N-dealkylation sites (tertiary alicyclic amines) is 1. The number of nitrogens with zero attached hydrogens (tertiary/aromatic N) is 3. The Morgan fingerprint density at radius 1 is 1.19 bits per heavy atom. The normalized spacial score (nSPS) is 16.5. The number of carbonyl (C=O) groups is 1. The number of alkyl halides is 3. The van der Waals surface area contributed by atoms with Gasteiger partial charge in [-0.3, -0.25) is 4.79 Å². The van der Waals surface area contributed by atoms with Crippen LogP contribution in [0.1, 0.15) is 47.8 Å². The molecule has 1 aliphatic heterocycles. The summed E-state index contributed by atoms with van der Waals surface area (Å²) in [4.78, 5) is 24.0. The molecule has 1 aromatic carbocycles. The highest BCUT2D eigenvalue weighted by Gasteiger charge is 2.31. The highest BCUT2D eigenvalue weighted by molar-refractivity contribution is 6.07. The van der Waals surface area contributed by atoms with Crippen molar-refractivity contribution in [3.63, 3.8) is 0 Å². The van der Waals surface area contributed by atoms with Crippen LogP contribution in [0.4, 0.5) is 24.5 Å². The number of fused-ring (bicyclic) bond motifs is 1. The average molecular weight is 465 g/mol. The Bertz CT molecular complexity index is 1140. The second kappa shape index (κ2) is 9.32. The Balaban J connectivity index is 0.00000289. The van der Waals surface area contributed by atoms with Gasteiger partial charge in [0.2, 0.25) is 0 Å². The molecule has 0 radical (unpaired) electrons. The van der Waals surface area contributed by atoms with Crippen LogP contribution in [-0.4, -0.2) is 33.4 Å². The molecule has 1 atom stereocenters. The first-order chi connectivity index (χ1) is 14.7. The van der Waals surface area contributed by atoms with Gasteiger partial charge in [0.05, 0.1) is 16.8 Å². The molecular weight excluding hydrogens is 441 g/mol. The third-order valence-electron chi connectivity index (χ3n) is 5.62. The first-order valence-corrected chi connectivity index (χ1v) is 10.3. The maximum Gasteiger partial charge on any atom is 0.416 e. The monoisotopic (exact) mass is 464 g/mol. The van der Waals surface area contributed by atoms with Gasteiger partial charge in [0, 0.05) is 35.6 Å². The Kier molecular flexibility index (Phi) is 6.93. The summed E-state index contributed by atoms with van der Waals surface area (Å²) in [6, 6.07) is 8.60. The highest BCUT2D eigenvalue weighted by atomic mass is 35.5. The van der Waals surface area contributed by atoms with Crippen molar-refractivity contribution in [3.8, 4) is 0 Å². The topological polar surface area (TPSA) is 58.1 Å². The standard InChI is InChI=1S/C23H23F3N4O.ClH/c1-14-9-10-18-20(29-17-8-5-7-16(12-17)23(24,25)26)19(13-27-21(18)28-14)22(31)30-11-4-3-6-15(30)2;/h5,7-10,12-13,15H,3-4,6,11H2,1-2H3,(H,27,28,29);1H. The summed E-state index contributed by atoms with van der Waals surface area (Å²) in [6.07, 6.45) is -0.0789. The molecule has 1 aliphatic rings. The van der Waals surface area contributed by atoms with Gasteiger partial charge >= 0.3 is 6.18 Å². The van der Waals surface area contributed by atoms with Crippen LogP contribution in [-0.2, 0) is 6.18 Å². The molecule has 9 heteroatoms. The highest BCUT2D eigenvalue weighted by Crippen LogP contribution is 2.34. The molecule has 32 heavy (non-hydrogen) atoms. The smallest absolute Gasteiger partial charge is 0.354 e. The lowest BCUT2D eigenvalue weighted by Crippen LogP contribution is -2.42. The molecule has 1 amide bonds. The Morgan fingerprint density at radius 3 is 2.69 bits per heavy atom. The van der Waals surface area contributed by atoms with Crippen molar-refractivity contribution in [1.29, 1.82) is 0 Å². The summed E-state index contributed by atoms with van der Waals surface area (Å²) in [5.74, 6) is -0.184. The van der Waals surface area contributed by atoms with Crippen LogP contribution < -0.4 is 5.32 Å². The number of anilines is 2. The van der Waals surface area contributed by atoms with Gasteiger partial charge in [-0.2, -0.15) is 13.2 Å². The van der Waals surface area contributed by atoms with E-state index in [0.717, 1.165) is 37.1 Å². The average Bonchev–Trinajstić information content (AvgIpc) is 2.73. The van der Waals surface area contributed by atoms with Gasteiger partial charge in [-0.15, -0.1) is 12.4 Å². The van der Waals surface area contributed by atoms with Crippen LogP contribution in [0.15, 0.2) is 42.6 Å². The van der Waals surface area contributed by atoms with E-state index in [1.807, 2.05) is 18.7 Å². The van der Waals surface area contributed by atoms with E-state index in [2.05, 4.69) is 15.3 Å². The SMILES string of the molecule is Cc1ccc2c(Nc3cccc(C(F)(F)F)c3)c(C(=O)N3CCCCC3C)cnc2n1.Cl. The molecule has 1 unspecified atom stereocenters. The molecule has 5 nitrogen and oxygen atoms in total. The third kappa shape index (κ3) is 4.80. The fourth-order valence-corrected chi connectivity index (χ4v) is 3.94. The molecule has 0 aliphatic carbocycles. The van der Waals surface area contributed by atoms with Crippen LogP contribution in [0.3, 0.4) is 0 Å². The third-order valence-corrected chi connectivity index (χ3v) is 5.62. The number of pyridine rings is 2. The molecule has 4 rings (SSSR count). The number of aromatic nitrogens is 2. The van der Waals surface area contributed by atoms with E-state index < -0.39 is 11.7 Å². The maximum atomic E-state index is 13.4. The summed E-state index contributed by atoms with van der Waals surface area (Å²) in [5, 5.41) is 3.64. The van der Waals surface area contributed by atoms with Gasteiger partial charge in [-0.25, -0.2) is 9.97 Å². The van der Waals surface area contributed by atoms with Crippen molar-refractivity contribution in [2.24, 2.45) is 0 Å². The van der Waals surface area contributed by atoms with Crippen molar-refractivity contribution in [2.45, 2.75) is 45.3 Å². The van der Waals surface area contributed by atoms with Gasteiger partial charge in [-0.1, -0.05) is 6.07 Å². The largest absolute Gasteiger partial charge is 0.416 e. The number of hydrogen-bond donors (Lipinski definition) is 1. The Hall–Kier alpha value is -2.87. The first-order valence-electron chi connectivity index (χ1n) is 10.3. The summed E-state index contributed by atoms with van der Waals surface area (Å²) < 4.78 is 39.6. The minimum atomic E-state index is -4.46. The predicted molar refractivity (Wildman–Crippen MR) is 121 cm³/mol. The molecule has 1 saturated heterocycles. The molecule has 2 aromatic heterocycles. The van der Waals surface area contributed by atoms with E-state index in [1.165, 1.54) is 12.3 Å². The van der Waals surface area contributed by atoms with E-state index in [0.29, 0.717) is 28.8 Å². The Labute approximate surface area is 190 Å². The fourth-order valence-electron chi connectivity index (χ4n) is 3.94. The van der Waals surface area contributed by atoms with Gasteiger partial charge < -0.3 is 10.2 Å². The van der Waals surface area contributed by atoms with Crippen LogP contribution in [0, 0.1) is 6.92 Å². The van der Waals surface area contributed by atoms with Crippen molar-refractivity contribution in [3.05, 3.63) is 59.4 Å². The van der Waals surface area contributed by atoms with E-state index in [4.69, 9.17) is 0 Å². The number of rotatable bonds is 3. The van der Waals surface area contributed by atoms with E-state index in [9.17, 15) is 18.0 Å². The van der Waals surface area contributed by atoms with Crippen LogP contribution >= 0.6 is 12.4 Å². The number of carbonyl (C=O) groups excluding carboxylic acids is 1. The van der Waals surface area contributed by atoms with Crippen molar-refractivity contribution in [2.75, 3.05) is 11.9 Å². The number of piperidine rings is 1. The minimum absolute atomic E-state index is 0. The van der Waals surface area contributed by atoms with E-state index >= 15 is 0 Å². The summed E-state index contributed by atoms with van der Waals surface area (Å²) in [7, 11) is 0. The quantitative estimate of drug-likeness (QED) is 0.506. The van der Waals surface area contributed by atoms with Gasteiger partial charge in [0.25, 0.3) is 5.91 Å². The van der Waals surface area contributed by atoms with Crippen LogP contribution in [0.5, 0.6) is 0 Å². The molecule has 0 saturated carbocycles. The fraction of sp³-hybridized carbons (Fsp3) is 0.348. The number of aryl methyl sites for hydroxylation is 1. The minimum Gasteiger partial charge on any atom is -0.354 e. The second-order valence-electron chi connectivity index (χ2n) is 7.92. The zero-order valence-electron chi connectivity index (χ0n) is 17.7. The number of nitrogens with one attached hydrogen (secondary N) is 1. The molecule has 0 bridgehead atoms. The maximum absolute atomic E-state index is 13.4. The van der Waals surface area contributed by atoms with Crippen molar-refractivity contribution < 1.29 is 18.0 Å². The number of halogens is 4. The van der Waals surface area contributed by atoms with Crippen LogP contribution in [0.25, 0.3) is 11.0 Å². The number of amides is 1. The first kappa shape index (κ1) is 23.8. The lowest BCUT2D eigenvalue weighted by atomic mass is 10.0. The van der Waals surface area contributed by atoms with Crippen LogP contribution in [0.2, 0.25) is 0 Å². The summed E-state index contributed by atoms with van der Waals surface area (Å²) in [5.41, 5.74) is 1.40. The van der Waals surface area contributed by atoms with Crippen molar-refractivity contribution >= 4 is 40.7 Å². The molecule has 0 spiro atoms. The predicted octanol–water partition coefficient (Wildman–Crippen LogP) is 6.14. The van der Waals surface area contributed by atoms with Gasteiger partial charge in [0.1, 0.15) is 0 Å². The second-order valence-corrected chi connectivity index (χ2v) is 7.92. The van der Waals surface area contributed by atoms with E-state index in [1.54, 1.807) is 18.2 Å². The summed E-state index contributed by atoms with van der Waals surface area (Å²) in [6.45, 7) is 4.49. The number of hydrogen-bond acceptors (Lipinski definition) is 4. The zero-order valence-corrected chi connectivity index (χ0v) is 18.6. The molecule has 3 heterocycles. The van der Waals surface area contributed by atoms with Gasteiger partial charge in [-0.05, 0) is 63.4 Å². The van der Waals surface area contributed by atoms with Crippen molar-refractivity contribution in [1.82, 2.24) is 14.9 Å². The zero-order chi connectivity index (χ0) is 22.2. The molecule has 3 aromatic rings. The lowest BCUT2D eigenvalue weighted by molar-refractivity contribution is -0.137. The molecule has 170 valence electrons. The number of benzene rings is 1. The molecule has 1 N–H and O–H groups in total. The van der Waals surface area contributed by atoms with E-state index in [-0.39, 0.29) is 30.0 Å².